The lowest BCUT2D eigenvalue weighted by atomic mass is 10.1. The molecule has 0 bridgehead atoms. The maximum atomic E-state index is 6.27. The van der Waals surface area contributed by atoms with Crippen molar-refractivity contribution >= 4 is 22.9 Å². The Balaban J connectivity index is 2.19. The molecule has 1 aromatic carbocycles. The first-order valence-corrected chi connectivity index (χ1v) is 8.21. The molecule has 1 unspecified atom stereocenters. The predicted molar refractivity (Wildman–Crippen MR) is 87.1 cm³/mol. The van der Waals surface area contributed by atoms with Crippen LogP contribution in [-0.2, 0) is 0 Å². The van der Waals surface area contributed by atoms with Crippen molar-refractivity contribution in [2.75, 3.05) is 13.2 Å². The molecule has 4 heteroatoms. The van der Waals surface area contributed by atoms with Crippen molar-refractivity contribution in [3.63, 3.8) is 0 Å². The van der Waals surface area contributed by atoms with Gasteiger partial charge in [-0.25, -0.2) is 0 Å². The molecule has 0 spiro atoms. The highest BCUT2D eigenvalue weighted by molar-refractivity contribution is 7.10. The number of benzene rings is 1. The molecule has 0 saturated carbocycles. The summed E-state index contributed by atoms with van der Waals surface area (Å²) >= 11 is 7.95. The van der Waals surface area contributed by atoms with E-state index in [4.69, 9.17) is 16.3 Å². The maximum Gasteiger partial charge on any atom is 0.119 e. The summed E-state index contributed by atoms with van der Waals surface area (Å²) in [4.78, 5) is 1.16. The summed E-state index contributed by atoms with van der Waals surface area (Å²) in [6.45, 7) is 5.86. The number of nitrogens with one attached hydrogen (secondary N) is 1. The molecule has 2 rings (SSSR count). The molecule has 1 atom stereocenters. The summed E-state index contributed by atoms with van der Waals surface area (Å²) < 4.78 is 5.62. The molecule has 0 amide bonds. The molecular weight excluding hydrogens is 290 g/mol. The highest BCUT2D eigenvalue weighted by Gasteiger charge is 2.17. The summed E-state index contributed by atoms with van der Waals surface area (Å²) in [5, 5.41) is 6.34. The predicted octanol–water partition coefficient (Wildman–Crippen LogP) is 4.89. The molecule has 0 aliphatic heterocycles. The van der Waals surface area contributed by atoms with Gasteiger partial charge in [0.15, 0.2) is 0 Å². The largest absolute Gasteiger partial charge is 0.494 e. The van der Waals surface area contributed by atoms with Gasteiger partial charge in [-0.2, -0.15) is 0 Å². The lowest BCUT2D eigenvalue weighted by Crippen LogP contribution is -2.21. The standard InChI is InChI=1S/C16H20ClNOS/c1-3-10-19-13-7-5-12(6-8-13)15(18-4-2)16-14(17)9-11-20-16/h5-9,11,15,18H,3-4,10H2,1-2H3. The van der Waals surface area contributed by atoms with Crippen molar-refractivity contribution in [2.24, 2.45) is 0 Å². The minimum Gasteiger partial charge on any atom is -0.494 e. The average Bonchev–Trinajstić information content (AvgIpc) is 2.89. The van der Waals surface area contributed by atoms with Gasteiger partial charge in [0.25, 0.3) is 0 Å². The molecule has 1 aromatic heterocycles. The molecule has 1 N–H and O–H groups in total. The first kappa shape index (κ1) is 15.4. The minimum atomic E-state index is 0.146. The van der Waals surface area contributed by atoms with Crippen LogP contribution in [0.5, 0.6) is 5.75 Å². The van der Waals surface area contributed by atoms with Gasteiger partial charge in [-0.05, 0) is 42.1 Å². The zero-order valence-corrected chi connectivity index (χ0v) is 13.4. The van der Waals surface area contributed by atoms with Gasteiger partial charge < -0.3 is 10.1 Å². The first-order chi connectivity index (χ1) is 9.76. The van der Waals surface area contributed by atoms with Crippen LogP contribution in [-0.4, -0.2) is 13.2 Å². The normalized spacial score (nSPS) is 12.3. The molecule has 1 heterocycles. The molecule has 2 nitrogen and oxygen atoms in total. The van der Waals surface area contributed by atoms with Crippen LogP contribution in [0.25, 0.3) is 0 Å². The smallest absolute Gasteiger partial charge is 0.119 e. The second-order valence-corrected chi connectivity index (χ2v) is 5.90. The SMILES string of the molecule is CCCOc1ccc(C(NCC)c2sccc2Cl)cc1. The van der Waals surface area contributed by atoms with E-state index in [1.807, 2.05) is 23.6 Å². The Morgan fingerprint density at radius 2 is 1.95 bits per heavy atom. The fourth-order valence-corrected chi connectivity index (χ4v) is 3.32. The van der Waals surface area contributed by atoms with Crippen molar-refractivity contribution in [3.8, 4) is 5.75 Å². The molecule has 0 saturated heterocycles. The van der Waals surface area contributed by atoms with Crippen LogP contribution in [0.1, 0.15) is 36.8 Å². The van der Waals surface area contributed by atoms with E-state index in [2.05, 4.69) is 31.3 Å². The number of thiophene rings is 1. The summed E-state index contributed by atoms with van der Waals surface area (Å²) in [5.74, 6) is 0.920. The molecule has 0 fully saturated rings. The summed E-state index contributed by atoms with van der Waals surface area (Å²) in [5.41, 5.74) is 1.21. The Labute approximate surface area is 129 Å². The molecule has 20 heavy (non-hydrogen) atoms. The summed E-state index contributed by atoms with van der Waals surface area (Å²) in [6, 6.07) is 10.4. The van der Waals surface area contributed by atoms with Gasteiger partial charge in [-0.1, -0.05) is 37.6 Å². The van der Waals surface area contributed by atoms with Crippen molar-refractivity contribution in [2.45, 2.75) is 26.3 Å². The fourth-order valence-electron chi connectivity index (χ4n) is 2.05. The average molecular weight is 310 g/mol. The van der Waals surface area contributed by atoms with E-state index >= 15 is 0 Å². The van der Waals surface area contributed by atoms with Gasteiger partial charge in [0.2, 0.25) is 0 Å². The third-order valence-corrected chi connectivity index (χ3v) is 4.42. The number of ether oxygens (including phenoxy) is 1. The highest BCUT2D eigenvalue weighted by Crippen LogP contribution is 2.33. The van der Waals surface area contributed by atoms with Crippen molar-refractivity contribution in [1.29, 1.82) is 0 Å². The van der Waals surface area contributed by atoms with Gasteiger partial charge in [0.05, 0.1) is 17.7 Å². The van der Waals surface area contributed by atoms with E-state index in [0.29, 0.717) is 0 Å². The highest BCUT2D eigenvalue weighted by atomic mass is 35.5. The molecule has 0 aliphatic carbocycles. The molecule has 2 aromatic rings. The number of hydrogen-bond donors (Lipinski definition) is 1. The van der Waals surface area contributed by atoms with Gasteiger partial charge >= 0.3 is 0 Å². The van der Waals surface area contributed by atoms with Crippen LogP contribution in [0.15, 0.2) is 35.7 Å². The van der Waals surface area contributed by atoms with Crippen LogP contribution in [0.4, 0.5) is 0 Å². The number of halogens is 1. The first-order valence-electron chi connectivity index (χ1n) is 6.95. The third kappa shape index (κ3) is 3.75. The molecule has 0 radical (unpaired) electrons. The van der Waals surface area contributed by atoms with Crippen molar-refractivity contribution in [1.82, 2.24) is 5.32 Å². The van der Waals surface area contributed by atoms with Gasteiger partial charge in [0, 0.05) is 4.88 Å². The van der Waals surface area contributed by atoms with E-state index in [0.717, 1.165) is 35.2 Å². The fraction of sp³-hybridized carbons (Fsp3) is 0.375. The minimum absolute atomic E-state index is 0.146. The van der Waals surface area contributed by atoms with Crippen LogP contribution in [0.2, 0.25) is 5.02 Å². The maximum absolute atomic E-state index is 6.27. The van der Waals surface area contributed by atoms with Crippen molar-refractivity contribution < 1.29 is 4.74 Å². The summed E-state index contributed by atoms with van der Waals surface area (Å²) in [7, 11) is 0. The number of hydrogen-bond acceptors (Lipinski definition) is 3. The second-order valence-electron chi connectivity index (χ2n) is 4.54. The zero-order valence-electron chi connectivity index (χ0n) is 11.9. The van der Waals surface area contributed by atoms with Gasteiger partial charge in [-0.3, -0.25) is 0 Å². The Morgan fingerprint density at radius 1 is 1.20 bits per heavy atom. The van der Waals surface area contributed by atoms with E-state index in [1.54, 1.807) is 11.3 Å². The summed E-state index contributed by atoms with van der Waals surface area (Å²) in [6.07, 6.45) is 1.02. The van der Waals surface area contributed by atoms with Gasteiger partial charge in [0.1, 0.15) is 5.75 Å². The van der Waals surface area contributed by atoms with E-state index in [-0.39, 0.29) is 6.04 Å². The lowest BCUT2D eigenvalue weighted by molar-refractivity contribution is 0.317. The van der Waals surface area contributed by atoms with Crippen LogP contribution < -0.4 is 10.1 Å². The second kappa shape index (κ2) is 7.67. The Hall–Kier alpha value is -1.03. The van der Waals surface area contributed by atoms with Crippen LogP contribution in [0.3, 0.4) is 0 Å². The number of rotatable bonds is 7. The van der Waals surface area contributed by atoms with Gasteiger partial charge in [-0.15, -0.1) is 11.3 Å². The Morgan fingerprint density at radius 3 is 2.50 bits per heavy atom. The molecule has 0 aliphatic rings. The molecule has 108 valence electrons. The topological polar surface area (TPSA) is 21.3 Å². The zero-order chi connectivity index (χ0) is 14.4. The Bertz CT molecular complexity index is 524. The monoisotopic (exact) mass is 309 g/mol. The quantitative estimate of drug-likeness (QED) is 0.786. The van der Waals surface area contributed by atoms with E-state index < -0.39 is 0 Å². The van der Waals surface area contributed by atoms with E-state index in [9.17, 15) is 0 Å². The Kier molecular flexibility index (Phi) is 5.89. The van der Waals surface area contributed by atoms with Crippen LogP contribution >= 0.6 is 22.9 Å². The van der Waals surface area contributed by atoms with E-state index in [1.165, 1.54) is 5.56 Å². The lowest BCUT2D eigenvalue weighted by Gasteiger charge is -2.18. The van der Waals surface area contributed by atoms with Crippen LogP contribution in [0, 0.1) is 0 Å². The molecular formula is C16H20ClNOS. The third-order valence-electron chi connectivity index (χ3n) is 3.00. The van der Waals surface area contributed by atoms with Crippen molar-refractivity contribution in [3.05, 3.63) is 51.2 Å².